The van der Waals surface area contributed by atoms with Crippen molar-refractivity contribution < 1.29 is 76.7 Å². The van der Waals surface area contributed by atoms with E-state index in [1.165, 1.54) is 77.5 Å². The van der Waals surface area contributed by atoms with Gasteiger partial charge in [0.25, 0.3) is 23.6 Å². The van der Waals surface area contributed by atoms with Crippen molar-refractivity contribution in [3.8, 4) is 0 Å². The van der Waals surface area contributed by atoms with E-state index in [9.17, 15) is 43.2 Å². The van der Waals surface area contributed by atoms with Gasteiger partial charge in [0.2, 0.25) is 9.23 Å². The molecule has 11 aromatic rings. The number of nitrogens with zero attached hydrogens (tertiary/aromatic N) is 12. The predicted molar refractivity (Wildman–Crippen MR) is 597 cm³/mol. The third-order valence-corrected chi connectivity index (χ3v) is 25.2. The molecule has 37 heteroatoms. The van der Waals surface area contributed by atoms with Crippen molar-refractivity contribution >= 4 is 159 Å². The van der Waals surface area contributed by atoms with Crippen LogP contribution in [0.15, 0.2) is 252 Å². The molecule has 4 aliphatic heterocycles. The molecule has 4 fully saturated rings. The number of ether oxygens (including phenoxy) is 2. The van der Waals surface area contributed by atoms with Gasteiger partial charge in [-0.25, -0.2) is 18.6 Å². The van der Waals surface area contributed by atoms with Crippen LogP contribution in [0.5, 0.6) is 0 Å². The number of H-pyrrole nitrogens is 1. The molecule has 5 heterocycles. The molecule has 10 aromatic carbocycles. The summed E-state index contributed by atoms with van der Waals surface area (Å²) in [5.74, 6) is -0.753. The first-order valence-electron chi connectivity index (χ1n) is 48.5. The second-order valence-corrected chi connectivity index (χ2v) is 37.9. The molecule has 3 unspecified atom stereocenters. The first kappa shape index (κ1) is 124. The number of aldehydes is 2. The molecular formula is C109H138Br2Cl2IN17O13SZn. The van der Waals surface area contributed by atoms with Gasteiger partial charge in [0.1, 0.15) is 23.6 Å². The number of likely N-dealkylation sites (N-methyl/N-ethyl adjacent to an activating group) is 3. The number of carbonyl (C=O) groups excluding carboxylic acids is 8. The Labute approximate surface area is 909 Å². The quantitative estimate of drug-likeness (QED) is 0.00964. The van der Waals surface area contributed by atoms with Crippen molar-refractivity contribution in [2.75, 3.05) is 203 Å². The van der Waals surface area contributed by atoms with Gasteiger partial charge in [0, 0.05) is 228 Å². The molecule has 146 heavy (non-hydrogen) atoms. The molecule has 0 saturated carbocycles. The topological polar surface area (TPSA) is 331 Å². The molecule has 3 atom stereocenters. The molecule has 4 saturated heterocycles. The Hall–Kier alpha value is -10.4. The summed E-state index contributed by atoms with van der Waals surface area (Å²) in [6, 6.07) is 79.3. The van der Waals surface area contributed by atoms with Crippen LogP contribution in [0.1, 0.15) is 179 Å². The van der Waals surface area contributed by atoms with Crippen LogP contribution in [0.3, 0.4) is 0 Å². The second kappa shape index (κ2) is 69.7. The van der Waals surface area contributed by atoms with Crippen LogP contribution in [0.4, 0.5) is 21.0 Å². The number of rotatable bonds is 26. The Morgan fingerprint density at radius 3 is 0.986 bits per heavy atom. The average Bonchev–Trinajstić information content (AvgIpc) is 0.866. The molecule has 30 nitrogen and oxygen atoms in total. The molecule has 1 aromatic heterocycles. The number of hydrogen-bond donors (Lipinski definition) is 6. The summed E-state index contributed by atoms with van der Waals surface area (Å²) in [6.07, 6.45) is 0.463. The third-order valence-electron chi connectivity index (χ3n) is 24.2. The first-order chi connectivity index (χ1) is 70.5. The zero-order valence-electron chi connectivity index (χ0n) is 85.7. The molecule has 0 bridgehead atoms. The fourth-order valence-electron chi connectivity index (χ4n) is 16.1. The number of anilines is 2. The van der Waals surface area contributed by atoms with Crippen LogP contribution in [0.2, 0.25) is 0 Å². The van der Waals surface area contributed by atoms with E-state index < -0.39 is 27.4 Å². The van der Waals surface area contributed by atoms with Crippen LogP contribution in [-0.4, -0.2) is 321 Å². The van der Waals surface area contributed by atoms with E-state index in [1.54, 1.807) is 29.2 Å². The van der Waals surface area contributed by atoms with Gasteiger partial charge < -0.3 is 59.5 Å². The minimum absolute atomic E-state index is 0.0115. The zero-order chi connectivity index (χ0) is 107. The number of fused-ring (bicyclic) bond motifs is 1. The molecule has 0 radical (unpaired) electrons. The largest absolute Gasteiger partial charge is 0.197 e. The number of aromatic carboxylic acids is 1. The maximum absolute atomic E-state index is 12.7. The van der Waals surface area contributed by atoms with E-state index in [2.05, 4.69) is 227 Å². The van der Waals surface area contributed by atoms with Gasteiger partial charge in [-0.05, 0) is 219 Å². The summed E-state index contributed by atoms with van der Waals surface area (Å²) >= 11 is 10.5. The van der Waals surface area contributed by atoms with Crippen molar-refractivity contribution in [2.24, 2.45) is 0 Å². The number of hydrogen-bond acceptors (Lipinski definition) is 22. The van der Waals surface area contributed by atoms with Gasteiger partial charge in [-0.1, -0.05) is 130 Å². The number of methoxy groups -OCH3 is 2. The van der Waals surface area contributed by atoms with Crippen LogP contribution >= 0.6 is 73.0 Å². The smallest absolute Gasteiger partial charge is 0.112 e. The summed E-state index contributed by atoms with van der Waals surface area (Å²) in [5, 5.41) is 30.9. The molecule has 0 spiro atoms. The summed E-state index contributed by atoms with van der Waals surface area (Å²) < 4.78 is 20.7. The summed E-state index contributed by atoms with van der Waals surface area (Å²) in [5.41, 5.74) is 14.2. The number of carboxylic acids is 1. The average molecular weight is 2350 g/mol. The predicted octanol–water partition coefficient (Wildman–Crippen LogP) is 19.1. The number of carboxylic acid groups (broad SMARTS) is 1. The Morgan fingerprint density at radius 1 is 0.418 bits per heavy atom. The van der Waals surface area contributed by atoms with Crippen molar-refractivity contribution in [1.82, 2.24) is 75.0 Å². The second-order valence-electron chi connectivity index (χ2n) is 33.5. The van der Waals surface area contributed by atoms with Gasteiger partial charge in [0.05, 0.1) is 37.9 Å². The van der Waals surface area contributed by atoms with Gasteiger partial charge in [0.15, 0.2) is 0 Å². The fraction of sp³-hybridized carbons (Fsp3) is 0.367. The van der Waals surface area contributed by atoms with Gasteiger partial charge >= 0.3 is 52.7 Å². The van der Waals surface area contributed by atoms with E-state index in [0.717, 1.165) is 159 Å². The molecule has 780 valence electrons. The number of amides is 6. The first-order valence-corrected chi connectivity index (χ1v) is 62.0. The summed E-state index contributed by atoms with van der Waals surface area (Å²) in [6.45, 7) is 38.1. The van der Waals surface area contributed by atoms with Crippen molar-refractivity contribution in [1.29, 1.82) is 0 Å². The molecule has 4 aliphatic rings. The Morgan fingerprint density at radius 2 is 0.712 bits per heavy atom. The Bertz CT molecular complexity index is 5690. The van der Waals surface area contributed by atoms with E-state index >= 15 is 0 Å². The van der Waals surface area contributed by atoms with Crippen LogP contribution in [-0.2, 0) is 33.5 Å². The maximum atomic E-state index is 12.7. The van der Waals surface area contributed by atoms with Crippen LogP contribution in [0.25, 0.3) is 11.0 Å². The van der Waals surface area contributed by atoms with E-state index in [1.807, 2.05) is 204 Å². The van der Waals surface area contributed by atoms with Gasteiger partial charge in [-0.15, -0.1) is 15.9 Å². The van der Waals surface area contributed by atoms with Gasteiger partial charge in [-0.2, -0.15) is 45.7 Å². The number of carbonyl (C=O) groups is 9. The molecular weight excluding hydrogens is 2210 g/mol. The van der Waals surface area contributed by atoms with E-state index in [-0.39, 0.29) is 47.3 Å². The standard InChI is InChI=1S/C25H34N4O3.C24H32N4O3.C23H30BrN3O.C12H15NO2.C8H6O3.C6H4Br.C6H5N3.C5H12N2.Cl2OS.HI.Zn/c1-5-28(6-2)24(30)20-12-10-19(11-13-20)23(29-16-14-27(3)15-17-29)21-8-7-9-22(18-21)26-25(31)32-4;1-4-27(5-2)23(29)19-11-9-18(10-12-19)22(28-15-13-25-14-16-28)20-7-6-8-21(17-20)26-24(30)31-3;1-4-26(5-2)23(28)19-11-9-18(10-12-19)22(20-7-6-8-21(24)17-20)27-15-13-25(3)14-16-27;1-3-13(4-2)12(15)11-7-5-10(9-14)6-8-11;9-5-6-1-3-7(4-2-6)8(10)11;7-6-4-2-1-3-5-6;1-2-4-6-5(3-1)7-9-8-6;1-7-4-2-6-3-5-7;1-4(2)3;;/h7-13,18,23H,5-6,14-17H2,1-4H3,(H,26,31);6-12,17,22,25H,4-5,13-16H2,1-3H3,(H,26,30);6-12,17,22H,4-5,13-16H2,1-3H3;5-9H,3-4H2,1-2H3;1-5H,(H,10,11);1-2,4-5H;1-4H,(H,7,8,9);6H,2-5H2,1H3;;1H;/q;;;;;-1;;;;;+2/p-1. The molecule has 15 rings (SSSR count). The number of nitrogens with one attached hydrogen (secondary N) is 5. The minimum Gasteiger partial charge on any atom is -0.197 e. The number of benzene rings is 10. The monoisotopic (exact) mass is 2340 g/mol. The Balaban J connectivity index is 0.000000267. The number of aromatic amines is 1. The van der Waals surface area contributed by atoms with Crippen molar-refractivity contribution in [3.05, 3.63) is 330 Å². The van der Waals surface area contributed by atoms with Crippen LogP contribution in [0, 0.1) is 6.07 Å². The summed E-state index contributed by atoms with van der Waals surface area (Å²) in [4.78, 5) is 126. The van der Waals surface area contributed by atoms with E-state index in [4.69, 9.17) is 18.8 Å². The number of para-hydroxylation sites is 2. The molecule has 6 amide bonds. The number of piperazine rings is 4. The number of halogens is 5. The minimum atomic E-state index is -1.67. The fourth-order valence-corrected chi connectivity index (χ4v) is 16.8. The normalized spacial score (nSPS) is 14.1. The maximum Gasteiger partial charge on any atom is 0.112 e. The zero-order valence-corrected chi connectivity index (χ0v) is 96.3. The number of aromatic nitrogens is 3. The molecule has 0 aliphatic carbocycles. The third kappa shape index (κ3) is 42.7. The SMILES string of the molecule is Brc1c[c-]ccc1.CCN(CC)C(=O)c1ccc(C(c2cccc(Br)c2)N2CCN(C)CC2)cc1.CCN(CC)C(=O)c1ccc(C(c2cccc(NC(=O)OC)c2)N2CCN(C)CC2)cc1.CCN(CC)C(=O)c1ccc(C(c2cccc(NC(=O)OC)c2)N2CCNCC2)cc1.CCN(CC)C(=O)c1ccc(C=O)cc1.CN1CCNCC1.O=Cc1ccc(C(=O)O)cc1.O=S(Cl)Cl.[Zn+][I].c1ccc2n[nH]nc2c1. The van der Waals surface area contributed by atoms with Crippen molar-refractivity contribution in [3.63, 3.8) is 0 Å². The molecule has 6 N–H and O–H groups in total. The summed E-state index contributed by atoms with van der Waals surface area (Å²) in [7, 11) is 16.5. The Kier molecular flexibility index (Phi) is 59.3. The van der Waals surface area contributed by atoms with Crippen LogP contribution < -0.4 is 21.3 Å². The van der Waals surface area contributed by atoms with Crippen molar-refractivity contribution in [2.45, 2.75) is 73.5 Å². The van der Waals surface area contributed by atoms with Gasteiger partial charge in [-0.3, -0.25) is 54.1 Å². The van der Waals surface area contributed by atoms with E-state index in [0.29, 0.717) is 84.7 Å².